The second-order valence-electron chi connectivity index (χ2n) is 4.75. The van der Waals surface area contributed by atoms with E-state index < -0.39 is 0 Å². The second kappa shape index (κ2) is 8.53. The molecule has 1 amide bonds. The van der Waals surface area contributed by atoms with Crippen LogP contribution in [0, 0.1) is 5.92 Å². The summed E-state index contributed by atoms with van der Waals surface area (Å²) in [7, 11) is 1.98. The van der Waals surface area contributed by atoms with E-state index in [0.29, 0.717) is 25.0 Å². The minimum absolute atomic E-state index is 0.103. The smallest absolute Gasteiger partial charge is 0.234 e. The predicted octanol–water partition coefficient (Wildman–Crippen LogP) is 0.818. The van der Waals surface area contributed by atoms with Gasteiger partial charge >= 0.3 is 0 Å². The van der Waals surface area contributed by atoms with Crippen molar-refractivity contribution in [3.8, 4) is 0 Å². The van der Waals surface area contributed by atoms with Gasteiger partial charge in [0, 0.05) is 12.6 Å². The van der Waals surface area contributed by atoms with Crippen LogP contribution < -0.4 is 11.1 Å². The van der Waals surface area contributed by atoms with Crippen molar-refractivity contribution in [3.05, 3.63) is 0 Å². The fourth-order valence-corrected chi connectivity index (χ4v) is 1.66. The molecule has 1 atom stereocenters. The highest BCUT2D eigenvalue weighted by molar-refractivity contribution is 5.77. The van der Waals surface area contributed by atoms with Crippen molar-refractivity contribution in [2.75, 3.05) is 26.7 Å². The molecule has 0 aromatic rings. The van der Waals surface area contributed by atoms with Crippen LogP contribution in [0.15, 0.2) is 0 Å². The number of likely N-dealkylation sites (N-methyl/N-ethyl adjacent to an activating group) is 1. The minimum Gasteiger partial charge on any atom is -0.355 e. The number of carbonyl (C=O) groups is 1. The largest absolute Gasteiger partial charge is 0.355 e. The van der Waals surface area contributed by atoms with Gasteiger partial charge in [0.2, 0.25) is 5.91 Å². The Bertz CT molecular complexity index is 195. The van der Waals surface area contributed by atoms with Crippen LogP contribution in [0.3, 0.4) is 0 Å². The van der Waals surface area contributed by atoms with Crippen LogP contribution in [0.4, 0.5) is 0 Å². The molecule has 0 fully saturated rings. The highest BCUT2D eigenvalue weighted by Gasteiger charge is 2.14. The Kier molecular flexibility index (Phi) is 8.21. The molecule has 0 heterocycles. The van der Waals surface area contributed by atoms with Gasteiger partial charge in [-0.2, -0.15) is 0 Å². The zero-order valence-corrected chi connectivity index (χ0v) is 11.1. The van der Waals surface area contributed by atoms with Gasteiger partial charge in [-0.1, -0.05) is 20.8 Å². The van der Waals surface area contributed by atoms with Crippen LogP contribution in [-0.2, 0) is 4.79 Å². The number of hydrogen-bond donors (Lipinski definition) is 2. The Morgan fingerprint density at radius 1 is 1.44 bits per heavy atom. The summed E-state index contributed by atoms with van der Waals surface area (Å²) in [5, 5.41) is 2.92. The maximum atomic E-state index is 11.6. The third-order valence-electron chi connectivity index (χ3n) is 2.69. The maximum absolute atomic E-state index is 11.6. The summed E-state index contributed by atoms with van der Waals surface area (Å²) in [4.78, 5) is 13.7. The van der Waals surface area contributed by atoms with Gasteiger partial charge < -0.3 is 11.1 Å². The second-order valence-corrected chi connectivity index (χ2v) is 4.75. The Morgan fingerprint density at radius 2 is 2.06 bits per heavy atom. The zero-order chi connectivity index (χ0) is 12.6. The number of hydrogen-bond acceptors (Lipinski definition) is 3. The molecule has 0 bridgehead atoms. The lowest BCUT2D eigenvalue weighted by molar-refractivity contribution is -0.122. The molecule has 3 N–H and O–H groups in total. The molecule has 1 unspecified atom stereocenters. The summed E-state index contributed by atoms with van der Waals surface area (Å²) >= 11 is 0. The third kappa shape index (κ3) is 6.80. The lowest BCUT2D eigenvalue weighted by Crippen LogP contribution is -2.42. The molecule has 0 aliphatic rings. The van der Waals surface area contributed by atoms with Crippen LogP contribution in [0.1, 0.15) is 33.6 Å². The first-order chi connectivity index (χ1) is 7.51. The van der Waals surface area contributed by atoms with Gasteiger partial charge in [0.25, 0.3) is 0 Å². The summed E-state index contributed by atoms with van der Waals surface area (Å²) in [6.07, 6.45) is 1.98. The van der Waals surface area contributed by atoms with Crippen molar-refractivity contribution in [2.24, 2.45) is 11.7 Å². The van der Waals surface area contributed by atoms with Crippen LogP contribution >= 0.6 is 0 Å². The van der Waals surface area contributed by atoms with E-state index >= 15 is 0 Å². The van der Waals surface area contributed by atoms with Gasteiger partial charge in [-0.3, -0.25) is 9.69 Å². The zero-order valence-electron chi connectivity index (χ0n) is 11.1. The normalized spacial score (nSPS) is 13.2. The highest BCUT2D eigenvalue weighted by atomic mass is 16.2. The van der Waals surface area contributed by atoms with Crippen LogP contribution in [0.2, 0.25) is 0 Å². The molecule has 0 aromatic heterocycles. The van der Waals surface area contributed by atoms with Crippen LogP contribution in [0.25, 0.3) is 0 Å². The summed E-state index contributed by atoms with van der Waals surface area (Å²) in [6.45, 7) is 8.20. The standard InChI is InChI=1S/C12H27N3O/c1-5-11(6-7-13)15(4)9-12(16)14-8-10(2)3/h10-11H,5-9,13H2,1-4H3,(H,14,16). The monoisotopic (exact) mass is 229 g/mol. The first-order valence-electron chi connectivity index (χ1n) is 6.18. The predicted molar refractivity (Wildman–Crippen MR) is 68.2 cm³/mol. The summed E-state index contributed by atoms with van der Waals surface area (Å²) in [5.74, 6) is 0.604. The van der Waals surface area contributed by atoms with Crippen molar-refractivity contribution >= 4 is 5.91 Å². The molecule has 0 aliphatic heterocycles. The average Bonchev–Trinajstić information content (AvgIpc) is 2.22. The van der Waals surface area contributed by atoms with Crippen LogP contribution in [-0.4, -0.2) is 43.5 Å². The van der Waals surface area contributed by atoms with Crippen molar-refractivity contribution in [1.29, 1.82) is 0 Å². The quantitative estimate of drug-likeness (QED) is 0.648. The molecular weight excluding hydrogens is 202 g/mol. The number of carbonyl (C=O) groups excluding carboxylic acids is 1. The molecule has 0 saturated heterocycles. The van der Waals surface area contributed by atoms with Crippen molar-refractivity contribution in [2.45, 2.75) is 39.7 Å². The Morgan fingerprint density at radius 3 is 2.50 bits per heavy atom. The lowest BCUT2D eigenvalue weighted by atomic mass is 10.1. The maximum Gasteiger partial charge on any atom is 0.234 e. The number of nitrogens with two attached hydrogens (primary N) is 1. The van der Waals surface area contributed by atoms with Gasteiger partial charge in [-0.05, 0) is 32.4 Å². The van der Waals surface area contributed by atoms with E-state index in [4.69, 9.17) is 5.73 Å². The summed E-state index contributed by atoms with van der Waals surface area (Å²) < 4.78 is 0. The fraction of sp³-hybridized carbons (Fsp3) is 0.917. The summed E-state index contributed by atoms with van der Waals surface area (Å²) in [5.41, 5.74) is 5.54. The molecule has 0 rings (SSSR count). The molecule has 0 aliphatic carbocycles. The number of nitrogens with one attached hydrogen (secondary N) is 1. The van der Waals surface area contributed by atoms with Gasteiger partial charge in [0.05, 0.1) is 6.54 Å². The topological polar surface area (TPSA) is 58.4 Å². The van der Waals surface area contributed by atoms with E-state index in [1.807, 2.05) is 7.05 Å². The molecule has 4 nitrogen and oxygen atoms in total. The first kappa shape index (κ1) is 15.4. The Balaban J connectivity index is 3.91. The average molecular weight is 229 g/mol. The number of rotatable bonds is 8. The van der Waals surface area contributed by atoms with Gasteiger partial charge in [-0.25, -0.2) is 0 Å². The number of nitrogens with zero attached hydrogens (tertiary/aromatic N) is 1. The van der Waals surface area contributed by atoms with E-state index in [-0.39, 0.29) is 5.91 Å². The highest BCUT2D eigenvalue weighted by Crippen LogP contribution is 2.04. The van der Waals surface area contributed by atoms with Crippen molar-refractivity contribution in [3.63, 3.8) is 0 Å². The molecule has 16 heavy (non-hydrogen) atoms. The van der Waals surface area contributed by atoms with E-state index in [1.165, 1.54) is 0 Å². The first-order valence-corrected chi connectivity index (χ1v) is 6.18. The van der Waals surface area contributed by atoms with E-state index in [0.717, 1.165) is 19.4 Å². The van der Waals surface area contributed by atoms with E-state index in [1.54, 1.807) is 0 Å². The third-order valence-corrected chi connectivity index (χ3v) is 2.69. The molecule has 0 aromatic carbocycles. The van der Waals surface area contributed by atoms with Crippen LogP contribution in [0.5, 0.6) is 0 Å². The van der Waals surface area contributed by atoms with E-state index in [9.17, 15) is 4.79 Å². The Hall–Kier alpha value is -0.610. The van der Waals surface area contributed by atoms with Crippen molar-refractivity contribution in [1.82, 2.24) is 10.2 Å². The number of amides is 1. The molecule has 0 saturated carbocycles. The molecule has 4 heteroatoms. The molecular formula is C12H27N3O. The van der Waals surface area contributed by atoms with Crippen molar-refractivity contribution < 1.29 is 4.79 Å². The summed E-state index contributed by atoms with van der Waals surface area (Å²) in [6, 6.07) is 0.412. The lowest BCUT2D eigenvalue weighted by Gasteiger charge is -2.26. The van der Waals surface area contributed by atoms with Gasteiger partial charge in [-0.15, -0.1) is 0 Å². The minimum atomic E-state index is 0.103. The Labute approximate surface area is 99.6 Å². The van der Waals surface area contributed by atoms with E-state index in [2.05, 4.69) is 31.0 Å². The molecule has 0 radical (unpaired) electrons. The van der Waals surface area contributed by atoms with Gasteiger partial charge in [0.15, 0.2) is 0 Å². The molecule has 0 spiro atoms. The fourth-order valence-electron chi connectivity index (χ4n) is 1.66. The van der Waals surface area contributed by atoms with Gasteiger partial charge in [0.1, 0.15) is 0 Å². The molecule has 96 valence electrons. The SMILES string of the molecule is CCC(CCN)N(C)CC(=O)NCC(C)C.